The number of carbonyl (C=O) groups is 1. The van der Waals surface area contributed by atoms with E-state index in [9.17, 15) is 15.0 Å². The van der Waals surface area contributed by atoms with E-state index in [0.29, 0.717) is 6.42 Å². The second-order valence-electron chi connectivity index (χ2n) is 19.7. The van der Waals surface area contributed by atoms with Crippen LogP contribution in [0.2, 0.25) is 0 Å². The Morgan fingerprint density at radius 3 is 0.985 bits per heavy atom. The molecular weight excluding hydrogens is 795 g/mol. The normalized spacial score (nSPS) is 13.2. The monoisotopic (exact) mass is 908 g/mol. The first kappa shape index (κ1) is 63.1. The molecule has 380 valence electrons. The largest absolute Gasteiger partial charge is 0.394 e. The van der Waals surface area contributed by atoms with Gasteiger partial charge in [0, 0.05) is 6.42 Å². The molecule has 0 aliphatic carbocycles. The van der Waals surface area contributed by atoms with Gasteiger partial charge in [-0.15, -0.1) is 0 Å². The van der Waals surface area contributed by atoms with Crippen molar-refractivity contribution in [1.82, 2.24) is 5.32 Å². The smallest absolute Gasteiger partial charge is 0.220 e. The first-order chi connectivity index (χ1) is 32.2. The lowest BCUT2D eigenvalue weighted by Gasteiger charge is -2.19. The molecule has 2 atom stereocenters. The van der Waals surface area contributed by atoms with Crippen molar-refractivity contribution in [2.24, 2.45) is 0 Å². The zero-order chi connectivity index (χ0) is 47.0. The zero-order valence-electron chi connectivity index (χ0n) is 43.8. The molecule has 0 aromatic rings. The van der Waals surface area contributed by atoms with Gasteiger partial charge in [-0.2, -0.15) is 0 Å². The molecule has 0 aromatic heterocycles. The van der Waals surface area contributed by atoms with Gasteiger partial charge in [0.1, 0.15) is 0 Å². The van der Waals surface area contributed by atoms with E-state index in [2.05, 4.69) is 67.8 Å². The number of amides is 1. The van der Waals surface area contributed by atoms with Gasteiger partial charge in [0.05, 0.1) is 18.8 Å². The quantitative estimate of drug-likeness (QED) is 0.0421. The summed E-state index contributed by atoms with van der Waals surface area (Å²) in [5.41, 5.74) is 0. The molecule has 0 aliphatic heterocycles. The Bertz CT molecular complexity index is 1070. The summed E-state index contributed by atoms with van der Waals surface area (Å²) in [5.74, 6) is -0.0750. The van der Waals surface area contributed by atoms with Crippen molar-refractivity contribution in [1.29, 1.82) is 0 Å². The second-order valence-corrected chi connectivity index (χ2v) is 19.7. The third-order valence-corrected chi connectivity index (χ3v) is 13.2. The van der Waals surface area contributed by atoms with E-state index in [0.717, 1.165) is 44.9 Å². The molecule has 0 saturated carbocycles. The predicted molar refractivity (Wildman–Crippen MR) is 290 cm³/mol. The Hall–Kier alpha value is -1.91. The van der Waals surface area contributed by atoms with E-state index in [1.807, 2.05) is 6.08 Å². The highest BCUT2D eigenvalue weighted by Gasteiger charge is 2.18. The summed E-state index contributed by atoms with van der Waals surface area (Å²) in [6.07, 6.45) is 79.6. The summed E-state index contributed by atoms with van der Waals surface area (Å²) in [5, 5.41) is 23.2. The average Bonchev–Trinajstić information content (AvgIpc) is 3.31. The van der Waals surface area contributed by atoms with Crippen molar-refractivity contribution in [3.63, 3.8) is 0 Å². The van der Waals surface area contributed by atoms with Gasteiger partial charge < -0.3 is 15.5 Å². The third-order valence-electron chi connectivity index (χ3n) is 13.2. The Morgan fingerprint density at radius 2 is 0.646 bits per heavy atom. The Balaban J connectivity index is 3.54. The minimum atomic E-state index is -0.872. The van der Waals surface area contributed by atoms with Crippen molar-refractivity contribution in [3.05, 3.63) is 60.8 Å². The summed E-state index contributed by atoms with van der Waals surface area (Å²) < 4.78 is 0. The fraction of sp³-hybridized carbons (Fsp3) is 0.820. The van der Waals surface area contributed by atoms with Gasteiger partial charge in [0.25, 0.3) is 0 Å². The fourth-order valence-electron chi connectivity index (χ4n) is 8.77. The van der Waals surface area contributed by atoms with Crippen LogP contribution in [0.1, 0.15) is 303 Å². The van der Waals surface area contributed by atoms with Crippen LogP contribution >= 0.6 is 0 Å². The topological polar surface area (TPSA) is 69.6 Å². The van der Waals surface area contributed by atoms with Crippen LogP contribution in [0.3, 0.4) is 0 Å². The molecule has 2 unspecified atom stereocenters. The van der Waals surface area contributed by atoms with Gasteiger partial charge in [0.15, 0.2) is 0 Å². The minimum Gasteiger partial charge on any atom is -0.394 e. The van der Waals surface area contributed by atoms with Crippen LogP contribution in [0.15, 0.2) is 60.8 Å². The zero-order valence-corrected chi connectivity index (χ0v) is 43.8. The molecule has 4 nitrogen and oxygen atoms in total. The van der Waals surface area contributed by atoms with Crippen LogP contribution in [0.4, 0.5) is 0 Å². The van der Waals surface area contributed by atoms with Crippen molar-refractivity contribution >= 4 is 5.91 Å². The number of nitrogens with one attached hydrogen (secondary N) is 1. The molecule has 3 N–H and O–H groups in total. The highest BCUT2D eigenvalue weighted by atomic mass is 16.3. The highest BCUT2D eigenvalue weighted by molar-refractivity contribution is 5.76. The maximum atomic E-state index is 12.5. The molecule has 0 aliphatic rings. The Labute approximate surface area is 406 Å². The molecule has 0 bridgehead atoms. The molecule has 0 spiro atoms. The van der Waals surface area contributed by atoms with Crippen LogP contribution in [0.25, 0.3) is 0 Å². The molecule has 0 heterocycles. The molecule has 1 amide bonds. The fourth-order valence-corrected chi connectivity index (χ4v) is 8.77. The van der Waals surface area contributed by atoms with Crippen LogP contribution in [0.5, 0.6) is 0 Å². The van der Waals surface area contributed by atoms with Gasteiger partial charge in [-0.1, -0.05) is 280 Å². The molecule has 0 radical (unpaired) electrons. The molecule has 0 rings (SSSR count). The number of unbranched alkanes of at least 4 members (excludes halogenated alkanes) is 38. The first-order valence-corrected chi connectivity index (χ1v) is 29.0. The standard InChI is InChI=1S/C61H113NO3/c1-3-5-7-9-11-13-15-17-19-21-23-25-27-29-30-31-32-33-35-37-39-41-43-45-47-49-51-53-55-57-61(65)62-59(58-63)60(64)56-54-52-50-48-46-44-42-40-38-36-34-28-26-24-22-20-18-16-14-12-10-8-6-4-2/h15,17,21,23,38,40,46,48,54,56,59-60,63-64H,3-14,16,18-20,22,24-37,39,41-45,47,49-53,55,57-58H2,1-2H3,(H,62,65)/b17-15-,23-21-,40-38+,48-46+,56-54+. The molecular formula is C61H113NO3. The van der Waals surface area contributed by atoms with Gasteiger partial charge in [0.2, 0.25) is 5.91 Å². The Kier molecular flexibility index (Phi) is 54.8. The van der Waals surface area contributed by atoms with E-state index >= 15 is 0 Å². The molecule has 0 aromatic carbocycles. The number of aliphatic hydroxyl groups is 2. The molecule has 0 saturated heterocycles. The van der Waals surface area contributed by atoms with E-state index in [1.165, 1.54) is 238 Å². The number of rotatable bonds is 53. The number of hydrogen-bond donors (Lipinski definition) is 3. The van der Waals surface area contributed by atoms with E-state index in [1.54, 1.807) is 6.08 Å². The van der Waals surface area contributed by atoms with E-state index in [-0.39, 0.29) is 12.5 Å². The lowest BCUT2D eigenvalue weighted by Crippen LogP contribution is -2.45. The average molecular weight is 909 g/mol. The predicted octanol–water partition coefficient (Wildman–Crippen LogP) is 19.2. The van der Waals surface area contributed by atoms with Crippen LogP contribution in [0, 0.1) is 0 Å². The van der Waals surface area contributed by atoms with Crippen molar-refractivity contribution in [2.45, 2.75) is 315 Å². The van der Waals surface area contributed by atoms with Crippen molar-refractivity contribution in [3.8, 4) is 0 Å². The molecule has 0 fully saturated rings. The highest BCUT2D eigenvalue weighted by Crippen LogP contribution is 2.16. The van der Waals surface area contributed by atoms with Crippen molar-refractivity contribution in [2.75, 3.05) is 6.61 Å². The van der Waals surface area contributed by atoms with Crippen molar-refractivity contribution < 1.29 is 15.0 Å². The van der Waals surface area contributed by atoms with Gasteiger partial charge in [-0.25, -0.2) is 0 Å². The van der Waals surface area contributed by atoms with E-state index in [4.69, 9.17) is 0 Å². The Morgan fingerprint density at radius 1 is 0.369 bits per heavy atom. The molecule has 4 heteroatoms. The summed E-state index contributed by atoms with van der Waals surface area (Å²) in [6.45, 7) is 4.31. The second kappa shape index (κ2) is 56.4. The van der Waals surface area contributed by atoms with Crippen LogP contribution in [-0.2, 0) is 4.79 Å². The van der Waals surface area contributed by atoms with Gasteiger partial charge >= 0.3 is 0 Å². The lowest BCUT2D eigenvalue weighted by atomic mass is 10.0. The minimum absolute atomic E-state index is 0.0750. The van der Waals surface area contributed by atoms with Gasteiger partial charge in [-0.3, -0.25) is 4.79 Å². The summed E-state index contributed by atoms with van der Waals surface area (Å²) >= 11 is 0. The number of allylic oxidation sites excluding steroid dienone is 9. The molecule has 65 heavy (non-hydrogen) atoms. The van der Waals surface area contributed by atoms with Crippen LogP contribution < -0.4 is 5.32 Å². The summed E-state index contributed by atoms with van der Waals surface area (Å²) in [6, 6.07) is -0.647. The van der Waals surface area contributed by atoms with Crippen LogP contribution in [-0.4, -0.2) is 34.9 Å². The summed E-state index contributed by atoms with van der Waals surface area (Å²) in [4.78, 5) is 12.5. The number of carbonyl (C=O) groups excluding carboxylic acids is 1. The third kappa shape index (κ3) is 52.9. The van der Waals surface area contributed by atoms with Gasteiger partial charge in [-0.05, 0) is 77.0 Å². The first-order valence-electron chi connectivity index (χ1n) is 29.0. The maximum absolute atomic E-state index is 12.5. The summed E-state index contributed by atoms with van der Waals surface area (Å²) in [7, 11) is 0. The maximum Gasteiger partial charge on any atom is 0.220 e. The van der Waals surface area contributed by atoms with E-state index < -0.39 is 12.1 Å². The number of hydrogen-bond acceptors (Lipinski definition) is 3. The number of aliphatic hydroxyl groups excluding tert-OH is 2. The lowest BCUT2D eigenvalue weighted by molar-refractivity contribution is -0.123. The SMILES string of the molecule is CCCCCCC/C=C\C/C=C\CCCCCCCCCCCCCCCCCCCC(=O)NC(CO)C(O)/C=C/CC/C=C/CC/C=C/CCCCCCCCCCCCCCCC.